The van der Waals surface area contributed by atoms with Crippen molar-refractivity contribution >= 4 is 51.0 Å². The van der Waals surface area contributed by atoms with Gasteiger partial charge in [-0.25, -0.2) is 0 Å². The largest absolute Gasteiger partial charge is 0.322 e. The molecule has 0 spiro atoms. The Morgan fingerprint density at radius 2 is 1.96 bits per heavy atom. The van der Waals surface area contributed by atoms with Crippen LogP contribution in [-0.2, 0) is 0 Å². The second-order valence-electron chi connectivity index (χ2n) is 6.06. The lowest BCUT2D eigenvalue weighted by molar-refractivity contribution is 0.101. The molecule has 0 aliphatic heterocycles. The minimum Gasteiger partial charge on any atom is -0.322 e. The fourth-order valence-corrected chi connectivity index (χ4v) is 4.97. The van der Waals surface area contributed by atoms with E-state index >= 15 is 0 Å². The van der Waals surface area contributed by atoms with E-state index in [-0.39, 0.29) is 16.2 Å². The molecule has 0 aliphatic rings. The summed E-state index contributed by atoms with van der Waals surface area (Å²) in [5.74, 6) is -0.351. The lowest BCUT2D eigenvalue weighted by atomic mass is 10.2. The molecule has 3 heterocycles. The van der Waals surface area contributed by atoms with Crippen molar-refractivity contribution in [2.75, 3.05) is 5.43 Å². The first-order valence-electron chi connectivity index (χ1n) is 8.16. The second-order valence-corrected chi connectivity index (χ2v) is 8.58. The number of rotatable bonds is 3. The number of carbonyl (C=O) groups excluding carboxylic acids is 1. The number of hydrogen-bond donors (Lipinski definition) is 2. The number of nitrogens with zero attached hydrogens (tertiary/aromatic N) is 1. The van der Waals surface area contributed by atoms with Gasteiger partial charge in [0.2, 0.25) is 4.77 Å². The van der Waals surface area contributed by atoms with Gasteiger partial charge in [-0.3, -0.25) is 15.0 Å². The number of aromatic amines is 1. The number of aromatic nitrogens is 2. The summed E-state index contributed by atoms with van der Waals surface area (Å²) in [7, 11) is 0. The Balaban J connectivity index is 1.78. The minimum atomic E-state index is -0.351. The molecular weight excluding hydrogens is 398 g/mol. The molecule has 136 valence electrons. The molecule has 0 bridgehead atoms. The van der Waals surface area contributed by atoms with Crippen molar-refractivity contribution in [3.63, 3.8) is 0 Å². The lowest BCUT2D eigenvalue weighted by Gasteiger charge is -2.08. The number of nitrogens with one attached hydrogen (secondary N) is 2. The van der Waals surface area contributed by atoms with Crippen molar-refractivity contribution in [2.24, 2.45) is 0 Å². The van der Waals surface area contributed by atoms with Crippen LogP contribution < -0.4 is 11.0 Å². The Kier molecular flexibility index (Phi) is 4.55. The summed E-state index contributed by atoms with van der Waals surface area (Å²) in [6, 6.07) is 11.6. The molecule has 0 saturated carbocycles. The Morgan fingerprint density at radius 3 is 2.63 bits per heavy atom. The van der Waals surface area contributed by atoms with E-state index in [0.29, 0.717) is 15.8 Å². The Labute approximate surface area is 167 Å². The highest BCUT2D eigenvalue weighted by molar-refractivity contribution is 7.71. The maximum absolute atomic E-state index is 12.9. The van der Waals surface area contributed by atoms with E-state index in [1.165, 1.54) is 22.7 Å². The highest BCUT2D eigenvalue weighted by atomic mass is 32.1. The predicted molar refractivity (Wildman–Crippen MR) is 114 cm³/mol. The fourth-order valence-electron chi connectivity index (χ4n) is 2.75. The van der Waals surface area contributed by atoms with Gasteiger partial charge in [0.15, 0.2) is 0 Å². The highest BCUT2D eigenvalue weighted by Gasteiger charge is 2.16. The van der Waals surface area contributed by atoms with Crippen molar-refractivity contribution in [2.45, 2.75) is 13.8 Å². The third-order valence-corrected chi connectivity index (χ3v) is 6.79. The maximum atomic E-state index is 12.9. The molecule has 4 aromatic rings. The molecule has 5 nitrogen and oxygen atoms in total. The van der Waals surface area contributed by atoms with Crippen LogP contribution in [0, 0.1) is 18.6 Å². The van der Waals surface area contributed by atoms with Gasteiger partial charge in [-0.15, -0.1) is 22.7 Å². The third kappa shape index (κ3) is 3.16. The van der Waals surface area contributed by atoms with Crippen molar-refractivity contribution in [1.29, 1.82) is 0 Å². The molecule has 1 aromatic carbocycles. The van der Waals surface area contributed by atoms with Gasteiger partial charge in [-0.2, -0.15) is 4.68 Å². The lowest BCUT2D eigenvalue weighted by Crippen LogP contribution is -2.34. The predicted octanol–water partition coefficient (Wildman–Crippen LogP) is 4.85. The second kappa shape index (κ2) is 6.88. The summed E-state index contributed by atoms with van der Waals surface area (Å²) in [5, 5.41) is 2.28. The van der Waals surface area contributed by atoms with Gasteiger partial charge in [0.05, 0.1) is 10.9 Å². The Bertz CT molecular complexity index is 1280. The van der Waals surface area contributed by atoms with Crippen LogP contribution >= 0.6 is 34.9 Å². The normalized spacial score (nSPS) is 11.0. The van der Waals surface area contributed by atoms with Gasteiger partial charge in [0.1, 0.15) is 4.83 Å². The molecule has 0 unspecified atom stereocenters. The monoisotopic (exact) mass is 413 g/mol. The smallest absolute Gasteiger partial charge is 0.282 e. The van der Waals surface area contributed by atoms with Gasteiger partial charge in [-0.1, -0.05) is 30.3 Å². The number of carbonyl (C=O) groups is 1. The van der Waals surface area contributed by atoms with Gasteiger partial charge < -0.3 is 4.98 Å². The molecule has 8 heteroatoms. The van der Waals surface area contributed by atoms with E-state index in [1.807, 2.05) is 50.2 Å². The highest BCUT2D eigenvalue weighted by Crippen LogP contribution is 2.30. The van der Waals surface area contributed by atoms with E-state index in [4.69, 9.17) is 12.2 Å². The van der Waals surface area contributed by atoms with Crippen molar-refractivity contribution in [1.82, 2.24) is 9.66 Å². The summed E-state index contributed by atoms with van der Waals surface area (Å²) >= 11 is 8.26. The van der Waals surface area contributed by atoms with Gasteiger partial charge in [-0.05, 0) is 43.3 Å². The third-order valence-electron chi connectivity index (χ3n) is 4.39. The van der Waals surface area contributed by atoms with E-state index in [2.05, 4.69) is 10.4 Å². The van der Waals surface area contributed by atoms with Crippen LogP contribution in [0.2, 0.25) is 0 Å². The maximum Gasteiger partial charge on any atom is 0.282 e. The standard InChI is InChI=1S/C19H15N3O2S3/c1-10-11(2)26-9-14(10)16(23)21-22-18(24)13-8-15(12-6-4-3-5-7-12)27-17(13)20-19(22)25/h3-9H,1-2H3,(H,20,25)(H,21,23). The number of fused-ring (bicyclic) bond motifs is 1. The molecule has 1 amide bonds. The van der Waals surface area contributed by atoms with Crippen molar-refractivity contribution in [3.05, 3.63) is 72.9 Å². The Morgan fingerprint density at radius 1 is 1.22 bits per heavy atom. The number of H-pyrrole nitrogens is 1. The first-order valence-corrected chi connectivity index (χ1v) is 10.3. The van der Waals surface area contributed by atoms with Gasteiger partial charge >= 0.3 is 0 Å². The molecule has 3 aromatic heterocycles. The number of hydrogen-bond acceptors (Lipinski definition) is 5. The van der Waals surface area contributed by atoms with Crippen LogP contribution in [0.15, 0.2) is 46.6 Å². The summed E-state index contributed by atoms with van der Waals surface area (Å²) in [4.78, 5) is 31.3. The van der Waals surface area contributed by atoms with Crippen LogP contribution in [0.1, 0.15) is 20.8 Å². The van der Waals surface area contributed by atoms with Crippen LogP contribution in [0.4, 0.5) is 0 Å². The van der Waals surface area contributed by atoms with E-state index in [9.17, 15) is 9.59 Å². The molecule has 0 saturated heterocycles. The minimum absolute atomic E-state index is 0.159. The average Bonchev–Trinajstić information content (AvgIpc) is 3.23. The van der Waals surface area contributed by atoms with Crippen LogP contribution in [0.5, 0.6) is 0 Å². The molecule has 0 aliphatic carbocycles. The zero-order valence-electron chi connectivity index (χ0n) is 14.5. The Hall–Kier alpha value is -2.55. The SMILES string of the molecule is Cc1scc(C(=O)Nn2c(=S)[nH]c3sc(-c4ccccc4)cc3c2=O)c1C. The summed E-state index contributed by atoms with van der Waals surface area (Å²) in [6.07, 6.45) is 0. The van der Waals surface area contributed by atoms with E-state index in [1.54, 1.807) is 5.38 Å². The quantitative estimate of drug-likeness (QED) is 0.472. The zero-order chi connectivity index (χ0) is 19.1. The van der Waals surface area contributed by atoms with Gasteiger partial charge in [0.25, 0.3) is 11.5 Å². The van der Waals surface area contributed by atoms with Crippen molar-refractivity contribution in [3.8, 4) is 10.4 Å². The van der Waals surface area contributed by atoms with E-state index in [0.717, 1.165) is 25.6 Å². The molecule has 0 radical (unpaired) electrons. The van der Waals surface area contributed by atoms with E-state index < -0.39 is 0 Å². The number of benzene rings is 1. The zero-order valence-corrected chi connectivity index (χ0v) is 17.0. The first kappa shape index (κ1) is 17.8. The molecule has 2 N–H and O–H groups in total. The molecule has 27 heavy (non-hydrogen) atoms. The molecule has 0 atom stereocenters. The number of aryl methyl sites for hydroxylation is 1. The molecule has 4 rings (SSSR count). The number of thiophene rings is 2. The van der Waals surface area contributed by atoms with Crippen LogP contribution in [0.25, 0.3) is 20.7 Å². The molecular formula is C19H15N3O2S3. The molecule has 0 fully saturated rings. The summed E-state index contributed by atoms with van der Waals surface area (Å²) < 4.78 is 1.26. The fraction of sp³-hybridized carbons (Fsp3) is 0.105. The topological polar surface area (TPSA) is 66.9 Å². The van der Waals surface area contributed by atoms with Crippen LogP contribution in [0.3, 0.4) is 0 Å². The first-order chi connectivity index (χ1) is 13.0. The summed E-state index contributed by atoms with van der Waals surface area (Å²) in [5.41, 5.74) is 4.77. The van der Waals surface area contributed by atoms with Crippen molar-refractivity contribution < 1.29 is 4.79 Å². The van der Waals surface area contributed by atoms with Crippen LogP contribution in [-0.4, -0.2) is 15.6 Å². The summed E-state index contributed by atoms with van der Waals surface area (Å²) in [6.45, 7) is 3.84. The average molecular weight is 414 g/mol. The number of amides is 1. The van der Waals surface area contributed by atoms with Gasteiger partial charge in [0, 0.05) is 15.1 Å².